The fraction of sp³-hybridized carbons (Fsp3) is 0.333. The minimum absolute atomic E-state index is 0.0189. The lowest BCUT2D eigenvalue weighted by atomic mass is 10.2. The summed E-state index contributed by atoms with van der Waals surface area (Å²) in [5.74, 6) is -1.51. The standard InChI is InChI=1S/C15H18FNO4/c1-17(9-3-4-15(19)20)14(18)8-6-11-5-7-13(21-2)12(16)10-11/h5-8,10H,3-4,9H2,1-2H3,(H,19,20)/b8-6+. The van der Waals surface area contributed by atoms with Gasteiger partial charge in [0.25, 0.3) is 0 Å². The maximum atomic E-state index is 13.5. The Labute approximate surface area is 122 Å². The van der Waals surface area contributed by atoms with Crippen LogP contribution in [0.2, 0.25) is 0 Å². The van der Waals surface area contributed by atoms with Crippen LogP contribution in [0.4, 0.5) is 4.39 Å². The van der Waals surface area contributed by atoms with Crippen LogP contribution in [0.1, 0.15) is 18.4 Å². The SMILES string of the molecule is COc1ccc(/C=C/C(=O)N(C)CCCC(=O)O)cc1F. The summed E-state index contributed by atoms with van der Waals surface area (Å²) >= 11 is 0. The summed E-state index contributed by atoms with van der Waals surface area (Å²) in [6, 6.07) is 4.39. The van der Waals surface area contributed by atoms with E-state index in [4.69, 9.17) is 9.84 Å². The molecule has 0 aliphatic heterocycles. The lowest BCUT2D eigenvalue weighted by Crippen LogP contribution is -2.26. The Morgan fingerprint density at radius 2 is 2.14 bits per heavy atom. The molecule has 0 bridgehead atoms. The Kier molecular flexibility index (Phi) is 6.39. The molecule has 0 atom stereocenters. The van der Waals surface area contributed by atoms with Crippen LogP contribution < -0.4 is 4.74 Å². The highest BCUT2D eigenvalue weighted by Crippen LogP contribution is 2.18. The number of aliphatic carboxylic acids is 1. The van der Waals surface area contributed by atoms with Crippen LogP contribution in [-0.4, -0.2) is 42.6 Å². The molecule has 0 fully saturated rings. The van der Waals surface area contributed by atoms with Gasteiger partial charge >= 0.3 is 5.97 Å². The molecule has 1 amide bonds. The van der Waals surface area contributed by atoms with Crippen LogP contribution in [0, 0.1) is 5.82 Å². The molecule has 0 unspecified atom stereocenters. The van der Waals surface area contributed by atoms with Crippen molar-refractivity contribution in [1.82, 2.24) is 4.90 Å². The second-order valence-corrected chi connectivity index (χ2v) is 4.48. The average molecular weight is 295 g/mol. The molecule has 0 radical (unpaired) electrons. The molecule has 1 rings (SSSR count). The van der Waals surface area contributed by atoms with Gasteiger partial charge in [-0.1, -0.05) is 6.07 Å². The molecule has 1 N–H and O–H groups in total. The lowest BCUT2D eigenvalue weighted by Gasteiger charge is -2.14. The molecule has 6 heteroatoms. The highest BCUT2D eigenvalue weighted by Gasteiger charge is 2.06. The average Bonchev–Trinajstić information content (AvgIpc) is 2.44. The van der Waals surface area contributed by atoms with E-state index < -0.39 is 11.8 Å². The number of rotatable bonds is 7. The number of methoxy groups -OCH3 is 1. The Morgan fingerprint density at radius 3 is 2.71 bits per heavy atom. The van der Waals surface area contributed by atoms with E-state index in [1.165, 1.54) is 36.3 Å². The molecule has 0 aliphatic carbocycles. The second kappa shape index (κ2) is 8.04. The van der Waals surface area contributed by atoms with Crippen LogP contribution in [0.25, 0.3) is 6.08 Å². The smallest absolute Gasteiger partial charge is 0.303 e. The van der Waals surface area contributed by atoms with E-state index in [0.29, 0.717) is 18.5 Å². The van der Waals surface area contributed by atoms with Crippen molar-refractivity contribution in [2.24, 2.45) is 0 Å². The maximum absolute atomic E-state index is 13.5. The minimum atomic E-state index is -0.889. The first-order chi connectivity index (χ1) is 9.93. The molecule has 0 heterocycles. The number of hydrogen-bond acceptors (Lipinski definition) is 3. The van der Waals surface area contributed by atoms with Crippen LogP contribution in [-0.2, 0) is 9.59 Å². The Morgan fingerprint density at radius 1 is 1.43 bits per heavy atom. The first-order valence-electron chi connectivity index (χ1n) is 6.42. The predicted octanol–water partition coefficient (Wildman–Crippen LogP) is 2.17. The topological polar surface area (TPSA) is 66.8 Å². The van der Waals surface area contributed by atoms with Gasteiger partial charge in [0.05, 0.1) is 7.11 Å². The number of likely N-dealkylation sites (N-methyl/N-ethyl adjacent to an activating group) is 1. The fourth-order valence-corrected chi connectivity index (χ4v) is 1.66. The molecule has 0 spiro atoms. The summed E-state index contributed by atoms with van der Waals surface area (Å²) in [5, 5.41) is 8.52. The van der Waals surface area contributed by atoms with Gasteiger partial charge in [-0.05, 0) is 30.2 Å². The number of carboxylic acids is 1. The Balaban J connectivity index is 2.56. The zero-order valence-electron chi connectivity index (χ0n) is 12.0. The number of amides is 1. The van der Waals surface area contributed by atoms with Crippen molar-refractivity contribution in [3.8, 4) is 5.75 Å². The summed E-state index contributed by atoms with van der Waals surface area (Å²) in [7, 11) is 2.96. The number of carbonyl (C=O) groups excluding carboxylic acids is 1. The van der Waals surface area contributed by atoms with Crippen molar-refractivity contribution < 1.29 is 23.8 Å². The van der Waals surface area contributed by atoms with Crippen LogP contribution >= 0.6 is 0 Å². The van der Waals surface area contributed by atoms with Gasteiger partial charge in [0.15, 0.2) is 11.6 Å². The van der Waals surface area contributed by atoms with Crippen molar-refractivity contribution in [3.05, 3.63) is 35.7 Å². The normalized spacial score (nSPS) is 10.6. The Hall–Kier alpha value is -2.37. The summed E-state index contributed by atoms with van der Waals surface area (Å²) in [5.41, 5.74) is 0.542. The largest absolute Gasteiger partial charge is 0.494 e. The van der Waals surface area contributed by atoms with Gasteiger partial charge in [-0.3, -0.25) is 9.59 Å². The van der Waals surface area contributed by atoms with Crippen molar-refractivity contribution in [2.75, 3.05) is 20.7 Å². The molecule has 21 heavy (non-hydrogen) atoms. The molecule has 1 aromatic carbocycles. The molecular weight excluding hydrogens is 277 g/mol. The van der Waals surface area contributed by atoms with Gasteiger partial charge in [-0.2, -0.15) is 0 Å². The second-order valence-electron chi connectivity index (χ2n) is 4.48. The zero-order chi connectivity index (χ0) is 15.8. The van der Waals surface area contributed by atoms with Gasteiger partial charge in [-0.15, -0.1) is 0 Å². The predicted molar refractivity (Wildman–Crippen MR) is 76.5 cm³/mol. The number of hydrogen-bond donors (Lipinski definition) is 1. The van der Waals surface area contributed by atoms with E-state index in [1.54, 1.807) is 13.1 Å². The fourth-order valence-electron chi connectivity index (χ4n) is 1.66. The molecular formula is C15H18FNO4. The van der Waals surface area contributed by atoms with E-state index in [-0.39, 0.29) is 18.1 Å². The molecule has 0 saturated heterocycles. The number of nitrogens with zero attached hydrogens (tertiary/aromatic N) is 1. The summed E-state index contributed by atoms with van der Waals surface area (Å²) in [4.78, 5) is 23.6. The van der Waals surface area contributed by atoms with Gasteiger partial charge in [-0.25, -0.2) is 4.39 Å². The van der Waals surface area contributed by atoms with Crippen molar-refractivity contribution in [1.29, 1.82) is 0 Å². The van der Waals surface area contributed by atoms with Crippen molar-refractivity contribution in [3.63, 3.8) is 0 Å². The monoisotopic (exact) mass is 295 g/mol. The molecule has 0 aromatic heterocycles. The number of carbonyl (C=O) groups is 2. The first-order valence-corrected chi connectivity index (χ1v) is 6.42. The number of halogens is 1. The lowest BCUT2D eigenvalue weighted by molar-refractivity contribution is -0.137. The highest BCUT2D eigenvalue weighted by molar-refractivity contribution is 5.91. The number of benzene rings is 1. The quantitative estimate of drug-likeness (QED) is 0.783. The van der Waals surface area contributed by atoms with Crippen LogP contribution in [0.15, 0.2) is 24.3 Å². The van der Waals surface area contributed by atoms with E-state index in [0.717, 1.165) is 0 Å². The van der Waals surface area contributed by atoms with Gasteiger partial charge < -0.3 is 14.7 Å². The first kappa shape index (κ1) is 16.7. The summed E-state index contributed by atoms with van der Waals surface area (Å²) in [6.07, 6.45) is 3.23. The highest BCUT2D eigenvalue weighted by atomic mass is 19.1. The minimum Gasteiger partial charge on any atom is -0.494 e. The van der Waals surface area contributed by atoms with Gasteiger partial charge in [0.2, 0.25) is 5.91 Å². The maximum Gasteiger partial charge on any atom is 0.303 e. The Bertz CT molecular complexity index is 542. The molecule has 0 aliphatic rings. The molecule has 1 aromatic rings. The van der Waals surface area contributed by atoms with E-state index in [2.05, 4.69) is 0 Å². The summed E-state index contributed by atoms with van der Waals surface area (Å²) in [6.45, 7) is 0.354. The number of ether oxygens (including phenoxy) is 1. The third-order valence-corrected chi connectivity index (χ3v) is 2.85. The van der Waals surface area contributed by atoms with E-state index in [9.17, 15) is 14.0 Å². The third kappa shape index (κ3) is 5.64. The molecule has 0 saturated carbocycles. The van der Waals surface area contributed by atoms with Crippen LogP contribution in [0.3, 0.4) is 0 Å². The summed E-state index contributed by atoms with van der Waals surface area (Å²) < 4.78 is 18.3. The zero-order valence-corrected chi connectivity index (χ0v) is 12.0. The van der Waals surface area contributed by atoms with Crippen molar-refractivity contribution >= 4 is 18.0 Å². The molecule has 114 valence electrons. The van der Waals surface area contributed by atoms with Crippen LogP contribution in [0.5, 0.6) is 5.75 Å². The van der Waals surface area contributed by atoms with E-state index >= 15 is 0 Å². The van der Waals surface area contributed by atoms with E-state index in [1.807, 2.05) is 0 Å². The third-order valence-electron chi connectivity index (χ3n) is 2.85. The molecule has 5 nitrogen and oxygen atoms in total. The van der Waals surface area contributed by atoms with Crippen molar-refractivity contribution in [2.45, 2.75) is 12.8 Å². The number of carboxylic acid groups (broad SMARTS) is 1. The van der Waals surface area contributed by atoms with Gasteiger partial charge in [0, 0.05) is 26.1 Å². The van der Waals surface area contributed by atoms with Gasteiger partial charge in [0.1, 0.15) is 0 Å².